The number of nitrogens with one attached hydrogen (secondary N) is 1. The number of nitrogens with zero attached hydrogens (tertiary/aromatic N) is 2. The molecule has 96 valence electrons. The second kappa shape index (κ2) is 4.87. The van der Waals surface area contributed by atoms with Gasteiger partial charge in [-0.15, -0.1) is 0 Å². The highest BCUT2D eigenvalue weighted by molar-refractivity contribution is 7.91. The van der Waals surface area contributed by atoms with Crippen LogP contribution in [-0.4, -0.2) is 31.2 Å². The van der Waals surface area contributed by atoms with E-state index in [1.165, 1.54) is 0 Å². The Hall–Kier alpha value is -1.37. The van der Waals surface area contributed by atoms with Crippen LogP contribution < -0.4 is 11.1 Å². The summed E-state index contributed by atoms with van der Waals surface area (Å²) in [4.78, 5) is 8.21. The first-order chi connectivity index (χ1) is 7.77. The molecule has 0 aliphatic rings. The number of sulfone groups is 1. The minimum atomic E-state index is -3.44. The lowest BCUT2D eigenvalue weighted by Gasteiger charge is -2.13. The van der Waals surface area contributed by atoms with Crippen LogP contribution in [0.5, 0.6) is 0 Å². The Kier molecular flexibility index (Phi) is 3.92. The van der Waals surface area contributed by atoms with Crippen molar-refractivity contribution in [3.05, 3.63) is 5.82 Å². The van der Waals surface area contributed by atoms with Crippen LogP contribution in [0.15, 0.2) is 4.90 Å². The molecule has 0 aromatic carbocycles. The fourth-order valence-corrected chi connectivity index (χ4v) is 2.29. The van der Waals surface area contributed by atoms with E-state index in [-0.39, 0.29) is 22.4 Å². The van der Waals surface area contributed by atoms with Crippen molar-refractivity contribution in [3.8, 4) is 0 Å². The molecule has 1 aromatic heterocycles. The first-order valence-corrected chi connectivity index (χ1v) is 7.27. The van der Waals surface area contributed by atoms with E-state index in [2.05, 4.69) is 15.3 Å². The van der Waals surface area contributed by atoms with Crippen molar-refractivity contribution in [3.63, 3.8) is 0 Å². The molecule has 0 bridgehead atoms. The van der Waals surface area contributed by atoms with E-state index >= 15 is 0 Å². The quantitative estimate of drug-likeness (QED) is 0.836. The summed E-state index contributed by atoms with van der Waals surface area (Å²) < 4.78 is 23.3. The lowest BCUT2D eigenvalue weighted by molar-refractivity contribution is 0.601. The molecular weight excluding hydrogens is 240 g/mol. The largest absolute Gasteiger partial charge is 0.382 e. The van der Waals surface area contributed by atoms with Gasteiger partial charge in [-0.2, -0.15) is 0 Å². The number of aromatic nitrogens is 2. The maximum absolute atomic E-state index is 11.6. The van der Waals surface area contributed by atoms with Gasteiger partial charge in [-0.05, 0) is 6.92 Å². The van der Waals surface area contributed by atoms with Crippen molar-refractivity contribution in [2.45, 2.75) is 31.6 Å². The van der Waals surface area contributed by atoms with Crippen LogP contribution in [0, 0.1) is 0 Å². The highest BCUT2D eigenvalue weighted by Crippen LogP contribution is 2.26. The van der Waals surface area contributed by atoms with Gasteiger partial charge in [0.25, 0.3) is 0 Å². The summed E-state index contributed by atoms with van der Waals surface area (Å²) >= 11 is 0. The van der Waals surface area contributed by atoms with E-state index in [0.29, 0.717) is 12.4 Å². The number of hydrogen-bond donors (Lipinski definition) is 2. The fraction of sp³-hybridized carbons (Fsp3) is 0.600. The summed E-state index contributed by atoms with van der Waals surface area (Å²) in [6.07, 6.45) is 1.10. The van der Waals surface area contributed by atoms with E-state index in [0.717, 1.165) is 6.26 Å². The third kappa shape index (κ3) is 3.06. The minimum absolute atomic E-state index is 0.00199. The van der Waals surface area contributed by atoms with Crippen molar-refractivity contribution >= 4 is 21.5 Å². The van der Waals surface area contributed by atoms with Gasteiger partial charge in [-0.25, -0.2) is 18.4 Å². The van der Waals surface area contributed by atoms with Crippen LogP contribution in [0.4, 0.5) is 11.6 Å². The molecule has 1 aromatic rings. The highest BCUT2D eigenvalue weighted by Gasteiger charge is 2.21. The van der Waals surface area contributed by atoms with Crippen LogP contribution in [0.3, 0.4) is 0 Å². The van der Waals surface area contributed by atoms with E-state index in [1.807, 2.05) is 20.8 Å². The lowest BCUT2D eigenvalue weighted by atomic mass is 10.2. The molecule has 7 heteroatoms. The summed E-state index contributed by atoms with van der Waals surface area (Å²) in [7, 11) is -3.44. The Morgan fingerprint density at radius 1 is 1.35 bits per heavy atom. The summed E-state index contributed by atoms with van der Waals surface area (Å²) in [5.41, 5.74) is 5.71. The maximum atomic E-state index is 11.6. The molecule has 1 rings (SSSR count). The van der Waals surface area contributed by atoms with Crippen LogP contribution in [0.25, 0.3) is 0 Å². The summed E-state index contributed by atoms with van der Waals surface area (Å²) in [5.74, 6) is 0.905. The molecule has 0 atom stereocenters. The zero-order valence-electron chi connectivity index (χ0n) is 10.5. The first kappa shape index (κ1) is 13.7. The number of nitrogens with two attached hydrogens (primary N) is 1. The van der Waals surface area contributed by atoms with E-state index < -0.39 is 9.84 Å². The van der Waals surface area contributed by atoms with Crippen LogP contribution >= 0.6 is 0 Å². The van der Waals surface area contributed by atoms with E-state index in [1.54, 1.807) is 0 Å². The van der Waals surface area contributed by atoms with Gasteiger partial charge >= 0.3 is 0 Å². The molecule has 0 unspecified atom stereocenters. The monoisotopic (exact) mass is 258 g/mol. The van der Waals surface area contributed by atoms with E-state index in [9.17, 15) is 8.42 Å². The average molecular weight is 258 g/mol. The molecule has 0 amide bonds. The fourth-order valence-electron chi connectivity index (χ4n) is 1.40. The number of anilines is 2. The zero-order valence-corrected chi connectivity index (χ0v) is 11.3. The third-order valence-electron chi connectivity index (χ3n) is 2.14. The molecule has 0 aliphatic carbocycles. The van der Waals surface area contributed by atoms with Crippen LogP contribution in [0.1, 0.15) is 32.5 Å². The van der Waals surface area contributed by atoms with Crippen molar-refractivity contribution in [1.29, 1.82) is 0 Å². The molecule has 0 aliphatic heterocycles. The van der Waals surface area contributed by atoms with Crippen molar-refractivity contribution in [1.82, 2.24) is 9.97 Å². The van der Waals surface area contributed by atoms with Gasteiger partial charge in [-0.3, -0.25) is 0 Å². The average Bonchev–Trinajstić information content (AvgIpc) is 2.14. The molecule has 0 fully saturated rings. The molecule has 0 saturated carbocycles. The summed E-state index contributed by atoms with van der Waals surface area (Å²) in [5, 5.41) is 2.91. The minimum Gasteiger partial charge on any atom is -0.382 e. The highest BCUT2D eigenvalue weighted by atomic mass is 32.2. The van der Waals surface area contributed by atoms with E-state index in [4.69, 9.17) is 5.73 Å². The lowest BCUT2D eigenvalue weighted by Crippen LogP contribution is -2.14. The third-order valence-corrected chi connectivity index (χ3v) is 3.28. The molecule has 0 radical (unpaired) electrons. The normalized spacial score (nSPS) is 11.8. The van der Waals surface area contributed by atoms with Gasteiger partial charge < -0.3 is 11.1 Å². The predicted molar refractivity (Wildman–Crippen MR) is 67.8 cm³/mol. The van der Waals surface area contributed by atoms with Crippen LogP contribution in [0.2, 0.25) is 0 Å². The Morgan fingerprint density at radius 3 is 2.35 bits per heavy atom. The van der Waals surface area contributed by atoms with Gasteiger partial charge in [0.05, 0.1) is 0 Å². The Balaban J connectivity index is 3.49. The van der Waals surface area contributed by atoms with Gasteiger partial charge in [0, 0.05) is 18.7 Å². The molecule has 0 saturated heterocycles. The second-order valence-corrected chi connectivity index (χ2v) is 6.05. The van der Waals surface area contributed by atoms with Crippen LogP contribution in [-0.2, 0) is 9.84 Å². The molecule has 6 nitrogen and oxygen atoms in total. The topological polar surface area (TPSA) is 98.0 Å². The molecule has 17 heavy (non-hydrogen) atoms. The van der Waals surface area contributed by atoms with Crippen molar-refractivity contribution < 1.29 is 8.42 Å². The molecular formula is C10H18N4O2S. The van der Waals surface area contributed by atoms with Gasteiger partial charge in [-0.1, -0.05) is 13.8 Å². The summed E-state index contributed by atoms with van der Waals surface area (Å²) in [6.45, 7) is 6.27. The number of rotatable bonds is 4. The Morgan fingerprint density at radius 2 is 1.94 bits per heavy atom. The predicted octanol–water partition coefficient (Wildman–Crippen LogP) is 1.02. The molecule has 0 spiro atoms. The second-order valence-electron chi connectivity index (χ2n) is 4.10. The summed E-state index contributed by atoms with van der Waals surface area (Å²) in [6, 6.07) is 0. The first-order valence-electron chi connectivity index (χ1n) is 5.38. The SMILES string of the molecule is CCNc1nc(C(C)C)nc(N)c1S(C)(=O)=O. The van der Waals surface area contributed by atoms with Crippen molar-refractivity contribution in [2.24, 2.45) is 0 Å². The Labute approximate surface area is 102 Å². The van der Waals surface area contributed by atoms with Crippen molar-refractivity contribution in [2.75, 3.05) is 23.9 Å². The molecule has 1 heterocycles. The smallest absolute Gasteiger partial charge is 0.182 e. The standard InChI is InChI=1S/C10H18N4O2S/c1-5-12-10-7(17(4,15)16)8(11)13-9(14-10)6(2)3/h6H,5H2,1-4H3,(H3,11,12,13,14). The molecule has 3 N–H and O–H groups in total. The maximum Gasteiger partial charge on any atom is 0.182 e. The number of hydrogen-bond acceptors (Lipinski definition) is 6. The Bertz CT molecular complexity index is 511. The number of nitrogen functional groups attached to an aromatic ring is 1. The van der Waals surface area contributed by atoms with Gasteiger partial charge in [0.2, 0.25) is 0 Å². The van der Waals surface area contributed by atoms with Gasteiger partial charge in [0.1, 0.15) is 11.6 Å². The zero-order chi connectivity index (χ0) is 13.2. The van der Waals surface area contributed by atoms with Gasteiger partial charge in [0.15, 0.2) is 20.6 Å².